The number of aromatic nitrogens is 1. The van der Waals surface area contributed by atoms with Crippen molar-refractivity contribution in [2.45, 2.75) is 40.5 Å². The van der Waals surface area contributed by atoms with Crippen molar-refractivity contribution in [2.75, 3.05) is 5.32 Å². The van der Waals surface area contributed by atoms with Crippen LogP contribution in [0, 0.1) is 5.41 Å². The first-order valence-corrected chi connectivity index (χ1v) is 6.94. The maximum absolute atomic E-state index is 11.6. The lowest BCUT2D eigenvalue weighted by molar-refractivity contribution is -0.133. The van der Waals surface area contributed by atoms with Gasteiger partial charge in [-0.15, -0.1) is 0 Å². The van der Waals surface area contributed by atoms with Crippen molar-refractivity contribution < 1.29 is 14.7 Å². The molecule has 1 aromatic rings. The molecule has 0 atom stereocenters. The zero-order chi connectivity index (χ0) is 15.8. The molecule has 2 N–H and O–H groups in total. The van der Waals surface area contributed by atoms with Crippen molar-refractivity contribution in [1.29, 1.82) is 0 Å². The highest BCUT2D eigenvalue weighted by atomic mass is 16.4. The Morgan fingerprint density at radius 3 is 2.57 bits per heavy atom. The van der Waals surface area contributed by atoms with Crippen molar-refractivity contribution in [1.82, 2.24) is 4.98 Å². The predicted molar refractivity (Wildman–Crippen MR) is 80.9 cm³/mol. The number of aryl methyl sites for hydroxylation is 1. The van der Waals surface area contributed by atoms with Crippen LogP contribution in [0.15, 0.2) is 17.8 Å². The van der Waals surface area contributed by atoms with Gasteiger partial charge in [-0.25, -0.2) is 9.78 Å². The largest absolute Gasteiger partial charge is 0.478 e. The number of carbonyl (C=O) groups is 2. The van der Waals surface area contributed by atoms with Gasteiger partial charge < -0.3 is 10.4 Å². The number of anilines is 1. The Morgan fingerprint density at radius 1 is 1.33 bits per heavy atom. The first-order chi connectivity index (χ1) is 9.70. The lowest BCUT2D eigenvalue weighted by atomic mass is 9.82. The molecule has 0 unspecified atom stereocenters. The number of aliphatic carboxylic acids is 1. The van der Waals surface area contributed by atoms with Crippen LogP contribution in [0.3, 0.4) is 0 Å². The number of nitrogens with zero attached hydrogens (tertiary/aromatic N) is 1. The lowest BCUT2D eigenvalue weighted by Gasteiger charge is -2.23. The summed E-state index contributed by atoms with van der Waals surface area (Å²) >= 11 is 0. The molecule has 0 fully saturated rings. The molecule has 0 spiro atoms. The lowest BCUT2D eigenvalue weighted by Crippen LogP contribution is -2.21. The van der Waals surface area contributed by atoms with Crippen LogP contribution >= 0.6 is 0 Å². The molecule has 2 heterocycles. The highest BCUT2D eigenvalue weighted by Crippen LogP contribution is 2.33. The molecule has 21 heavy (non-hydrogen) atoms. The number of carboxylic acids is 1. The summed E-state index contributed by atoms with van der Waals surface area (Å²) in [6, 6.07) is 1.92. The van der Waals surface area contributed by atoms with Crippen molar-refractivity contribution >= 4 is 23.3 Å². The maximum Gasteiger partial charge on any atom is 0.332 e. The Labute approximate surface area is 124 Å². The van der Waals surface area contributed by atoms with Gasteiger partial charge in [0.05, 0.1) is 0 Å². The van der Waals surface area contributed by atoms with E-state index in [1.807, 2.05) is 26.8 Å². The van der Waals surface area contributed by atoms with E-state index in [1.54, 1.807) is 13.1 Å². The summed E-state index contributed by atoms with van der Waals surface area (Å²) in [5.41, 5.74) is 2.37. The van der Waals surface area contributed by atoms with Crippen molar-refractivity contribution in [3.05, 3.63) is 29.0 Å². The molecule has 0 saturated carbocycles. The second-order valence-electron chi connectivity index (χ2n) is 6.34. The van der Waals surface area contributed by atoms with Gasteiger partial charge >= 0.3 is 5.97 Å². The minimum atomic E-state index is -0.911. The van der Waals surface area contributed by atoms with E-state index in [2.05, 4.69) is 10.3 Å². The Morgan fingerprint density at radius 2 is 2.00 bits per heavy atom. The fourth-order valence-corrected chi connectivity index (χ4v) is 2.65. The van der Waals surface area contributed by atoms with Crippen LogP contribution in [-0.2, 0) is 16.0 Å². The van der Waals surface area contributed by atoms with E-state index >= 15 is 0 Å². The third-order valence-corrected chi connectivity index (χ3v) is 3.62. The van der Waals surface area contributed by atoms with Crippen molar-refractivity contribution in [2.24, 2.45) is 5.41 Å². The standard InChI is InChI=1S/C16H20N2O3/c1-9(13(15(20)21)16(2,3)4)11-7-10-5-6-12(19)18-14(10)17-8-11/h7-8H,5-6H2,1-4H3,(H,20,21)(H,17,18,19). The van der Waals surface area contributed by atoms with Gasteiger partial charge in [0.15, 0.2) is 0 Å². The Balaban J connectivity index is 2.51. The Bertz CT molecular complexity index is 639. The third kappa shape index (κ3) is 3.12. The fourth-order valence-electron chi connectivity index (χ4n) is 2.65. The highest BCUT2D eigenvalue weighted by Gasteiger charge is 2.27. The normalized spacial score (nSPS) is 15.9. The second-order valence-corrected chi connectivity index (χ2v) is 6.34. The van der Waals surface area contributed by atoms with E-state index in [0.717, 1.165) is 11.1 Å². The van der Waals surface area contributed by atoms with E-state index in [4.69, 9.17) is 0 Å². The molecule has 0 bridgehead atoms. The topological polar surface area (TPSA) is 79.3 Å². The summed E-state index contributed by atoms with van der Waals surface area (Å²) in [7, 11) is 0. The third-order valence-electron chi connectivity index (χ3n) is 3.62. The fraction of sp³-hybridized carbons (Fsp3) is 0.438. The Kier molecular flexibility index (Phi) is 3.85. The molecule has 5 nitrogen and oxygen atoms in total. The summed E-state index contributed by atoms with van der Waals surface area (Å²) in [6.07, 6.45) is 2.69. The monoisotopic (exact) mass is 288 g/mol. The quantitative estimate of drug-likeness (QED) is 0.820. The van der Waals surface area contributed by atoms with Gasteiger partial charge in [0, 0.05) is 18.2 Å². The number of nitrogens with one attached hydrogen (secondary N) is 1. The number of carboxylic acid groups (broad SMARTS) is 1. The van der Waals surface area contributed by atoms with Gasteiger partial charge in [-0.05, 0) is 41.5 Å². The van der Waals surface area contributed by atoms with Gasteiger partial charge in [0.25, 0.3) is 0 Å². The number of rotatable bonds is 2. The van der Waals surface area contributed by atoms with E-state index in [9.17, 15) is 14.7 Å². The molecule has 1 aliphatic rings. The van der Waals surface area contributed by atoms with Crippen LogP contribution in [0.5, 0.6) is 0 Å². The molecule has 112 valence electrons. The average molecular weight is 288 g/mol. The van der Waals surface area contributed by atoms with Gasteiger partial charge in [-0.2, -0.15) is 0 Å². The highest BCUT2D eigenvalue weighted by molar-refractivity contribution is 5.97. The van der Waals surface area contributed by atoms with Crippen LogP contribution in [-0.4, -0.2) is 22.0 Å². The molecular weight excluding hydrogens is 268 g/mol. The number of hydrogen-bond donors (Lipinski definition) is 2. The zero-order valence-electron chi connectivity index (χ0n) is 12.8. The van der Waals surface area contributed by atoms with Crippen LogP contribution in [0.2, 0.25) is 0 Å². The van der Waals surface area contributed by atoms with Gasteiger partial charge in [0.1, 0.15) is 5.82 Å². The SMILES string of the molecule is CC(=C(C(=O)O)C(C)(C)C)c1cnc2c(c1)CCC(=O)N2. The number of pyridine rings is 1. The van der Waals surface area contributed by atoms with Crippen molar-refractivity contribution in [3.63, 3.8) is 0 Å². The number of carbonyl (C=O) groups excluding carboxylic acids is 1. The summed E-state index contributed by atoms with van der Waals surface area (Å²) in [5, 5.41) is 12.2. The summed E-state index contributed by atoms with van der Waals surface area (Å²) in [6.45, 7) is 7.45. The molecule has 2 rings (SSSR count). The van der Waals surface area contributed by atoms with Gasteiger partial charge in [-0.3, -0.25) is 4.79 Å². The molecule has 1 aliphatic heterocycles. The molecule has 0 aromatic carbocycles. The van der Waals surface area contributed by atoms with Crippen LogP contribution in [0.1, 0.15) is 45.2 Å². The van der Waals surface area contributed by atoms with Gasteiger partial charge in [-0.1, -0.05) is 20.8 Å². The zero-order valence-corrected chi connectivity index (χ0v) is 12.8. The van der Waals surface area contributed by atoms with Crippen LogP contribution < -0.4 is 5.32 Å². The predicted octanol–water partition coefficient (Wildman–Crippen LogP) is 2.87. The number of amides is 1. The minimum absolute atomic E-state index is 0.0315. The van der Waals surface area contributed by atoms with E-state index in [1.165, 1.54) is 0 Å². The molecule has 0 aliphatic carbocycles. The molecule has 1 amide bonds. The summed E-state index contributed by atoms with van der Waals surface area (Å²) in [5.74, 6) is -0.364. The van der Waals surface area contributed by atoms with Crippen molar-refractivity contribution in [3.8, 4) is 0 Å². The Hall–Kier alpha value is -2.17. The summed E-state index contributed by atoms with van der Waals surface area (Å²) in [4.78, 5) is 27.1. The van der Waals surface area contributed by atoms with Crippen LogP contribution in [0.4, 0.5) is 5.82 Å². The average Bonchev–Trinajstić information content (AvgIpc) is 2.35. The summed E-state index contributed by atoms with van der Waals surface area (Å²) < 4.78 is 0. The van der Waals surface area contributed by atoms with E-state index < -0.39 is 11.4 Å². The molecule has 0 saturated heterocycles. The smallest absolute Gasteiger partial charge is 0.332 e. The molecule has 1 aromatic heterocycles. The molecule has 5 heteroatoms. The van der Waals surface area contributed by atoms with E-state index in [0.29, 0.717) is 29.8 Å². The first-order valence-electron chi connectivity index (χ1n) is 6.94. The molecule has 0 radical (unpaired) electrons. The maximum atomic E-state index is 11.6. The molecular formula is C16H20N2O3. The number of hydrogen-bond acceptors (Lipinski definition) is 3. The minimum Gasteiger partial charge on any atom is -0.478 e. The number of fused-ring (bicyclic) bond motifs is 1. The van der Waals surface area contributed by atoms with Gasteiger partial charge in [0.2, 0.25) is 5.91 Å². The first kappa shape index (κ1) is 15.2. The second kappa shape index (κ2) is 5.31. The van der Waals surface area contributed by atoms with E-state index in [-0.39, 0.29) is 5.91 Å². The van der Waals surface area contributed by atoms with Crippen LogP contribution in [0.25, 0.3) is 5.57 Å². The number of allylic oxidation sites excluding steroid dienone is 1.